The van der Waals surface area contributed by atoms with Gasteiger partial charge in [-0.05, 0) is 74.9 Å². The number of ether oxygens (including phenoxy) is 1. The summed E-state index contributed by atoms with van der Waals surface area (Å²) in [6.07, 6.45) is 1.57. The van der Waals surface area contributed by atoms with E-state index in [-0.39, 0.29) is 30.6 Å². The minimum atomic E-state index is -0.262. The summed E-state index contributed by atoms with van der Waals surface area (Å²) in [6, 6.07) is 17.2. The molecule has 0 spiro atoms. The van der Waals surface area contributed by atoms with E-state index in [4.69, 9.17) is 4.74 Å². The predicted octanol–water partition coefficient (Wildman–Crippen LogP) is 6.20. The van der Waals surface area contributed by atoms with E-state index in [0.717, 1.165) is 35.4 Å². The van der Waals surface area contributed by atoms with Crippen LogP contribution in [0.2, 0.25) is 0 Å². The second-order valence-electron chi connectivity index (χ2n) is 9.46. The average Bonchev–Trinajstić information content (AvgIpc) is 3.36. The topological polar surface area (TPSA) is 61.9 Å². The van der Waals surface area contributed by atoms with Crippen LogP contribution in [0, 0.1) is 13.8 Å². The molecule has 0 unspecified atom stereocenters. The van der Waals surface area contributed by atoms with Crippen LogP contribution < -0.4 is 10.1 Å². The van der Waals surface area contributed by atoms with Crippen LogP contribution in [0.25, 0.3) is 0 Å². The largest absolute Gasteiger partial charge is 0.491 e. The number of urea groups is 1. The molecule has 0 radical (unpaired) electrons. The SMILES string of the molecule is CC[C@H](C)N(CC(=O)N1CCc2sccc2[C@H]1COc1ccc(C)cc1)C(=O)Nc1ccc(C)cc1. The highest BCUT2D eigenvalue weighted by Crippen LogP contribution is 2.34. The third kappa shape index (κ3) is 6.08. The lowest BCUT2D eigenvalue weighted by atomic mass is 10.00. The van der Waals surface area contributed by atoms with Gasteiger partial charge < -0.3 is 19.9 Å². The number of carbonyl (C=O) groups excluding carboxylic acids is 2. The summed E-state index contributed by atoms with van der Waals surface area (Å²) in [6.45, 7) is 9.06. The van der Waals surface area contributed by atoms with E-state index in [1.807, 2.05) is 81.1 Å². The molecule has 2 aromatic carbocycles. The predicted molar refractivity (Wildman–Crippen MR) is 146 cm³/mol. The van der Waals surface area contributed by atoms with Crippen molar-refractivity contribution in [1.29, 1.82) is 0 Å². The van der Waals surface area contributed by atoms with Crippen molar-refractivity contribution in [3.05, 3.63) is 81.5 Å². The Bertz CT molecular complexity index is 1170. The van der Waals surface area contributed by atoms with E-state index in [0.29, 0.717) is 13.2 Å². The van der Waals surface area contributed by atoms with Gasteiger partial charge in [0.15, 0.2) is 0 Å². The van der Waals surface area contributed by atoms with Gasteiger partial charge in [0.25, 0.3) is 0 Å². The van der Waals surface area contributed by atoms with Crippen LogP contribution in [0.5, 0.6) is 5.75 Å². The van der Waals surface area contributed by atoms with Crippen molar-refractivity contribution in [2.24, 2.45) is 0 Å². The van der Waals surface area contributed by atoms with Crippen LogP contribution in [0.3, 0.4) is 0 Å². The Hall–Kier alpha value is -3.32. The molecular formula is C29H35N3O3S. The van der Waals surface area contributed by atoms with Crippen molar-refractivity contribution in [1.82, 2.24) is 9.80 Å². The summed E-state index contributed by atoms with van der Waals surface area (Å²) < 4.78 is 6.13. The number of aryl methyl sites for hydroxylation is 2. The van der Waals surface area contributed by atoms with Gasteiger partial charge in [-0.15, -0.1) is 11.3 Å². The summed E-state index contributed by atoms with van der Waals surface area (Å²) in [5.41, 5.74) is 4.16. The van der Waals surface area contributed by atoms with Crippen molar-refractivity contribution in [3.8, 4) is 5.75 Å². The molecule has 6 nitrogen and oxygen atoms in total. The second-order valence-corrected chi connectivity index (χ2v) is 10.5. The van der Waals surface area contributed by atoms with E-state index < -0.39 is 0 Å². The molecule has 190 valence electrons. The standard InChI is InChI=1S/C29H35N3O3S/c1-5-22(4)32(29(34)30-23-10-6-20(2)7-11-23)18-28(33)31-16-14-27-25(15-17-36-27)26(31)19-35-24-12-8-21(3)9-13-24/h6-13,15,17,22,26H,5,14,16,18-19H2,1-4H3,(H,30,34)/t22-,26+/m0/s1. The summed E-state index contributed by atoms with van der Waals surface area (Å²) in [7, 11) is 0. The molecule has 0 fully saturated rings. The van der Waals surface area contributed by atoms with E-state index >= 15 is 0 Å². The first-order valence-corrected chi connectivity index (χ1v) is 13.4. The first kappa shape index (κ1) is 25.8. The average molecular weight is 506 g/mol. The zero-order valence-electron chi connectivity index (χ0n) is 21.5. The number of nitrogens with zero attached hydrogens (tertiary/aromatic N) is 2. The molecule has 36 heavy (non-hydrogen) atoms. The van der Waals surface area contributed by atoms with Crippen molar-refractivity contribution in [2.75, 3.05) is 25.0 Å². The molecule has 7 heteroatoms. The van der Waals surface area contributed by atoms with Crippen LogP contribution in [0.1, 0.15) is 47.9 Å². The fourth-order valence-corrected chi connectivity index (χ4v) is 5.33. The molecule has 2 heterocycles. The highest BCUT2D eigenvalue weighted by Gasteiger charge is 2.34. The van der Waals surface area contributed by atoms with Crippen LogP contribution in [0.4, 0.5) is 10.5 Å². The number of thiophene rings is 1. The molecule has 1 aromatic heterocycles. The Kier molecular flexibility index (Phi) is 8.31. The molecular weight excluding hydrogens is 470 g/mol. The number of nitrogens with one attached hydrogen (secondary N) is 1. The van der Waals surface area contributed by atoms with Crippen molar-refractivity contribution < 1.29 is 14.3 Å². The molecule has 1 N–H and O–H groups in total. The van der Waals surface area contributed by atoms with Gasteiger partial charge >= 0.3 is 6.03 Å². The highest BCUT2D eigenvalue weighted by molar-refractivity contribution is 7.10. The van der Waals surface area contributed by atoms with Crippen molar-refractivity contribution >= 4 is 29.0 Å². The molecule has 4 rings (SSSR count). The Balaban J connectivity index is 1.50. The third-order valence-corrected chi connectivity index (χ3v) is 7.83. The maximum Gasteiger partial charge on any atom is 0.322 e. The van der Waals surface area contributed by atoms with Gasteiger partial charge in [-0.25, -0.2) is 4.79 Å². The number of rotatable bonds is 8. The first-order chi connectivity index (χ1) is 17.4. The monoisotopic (exact) mass is 505 g/mol. The fourth-order valence-electron chi connectivity index (χ4n) is 4.40. The Morgan fingerprint density at radius 1 is 1.08 bits per heavy atom. The van der Waals surface area contributed by atoms with Gasteiger partial charge in [0.1, 0.15) is 18.9 Å². The molecule has 0 bridgehead atoms. The zero-order chi connectivity index (χ0) is 25.7. The number of hydrogen-bond donors (Lipinski definition) is 1. The minimum Gasteiger partial charge on any atom is -0.491 e. The van der Waals surface area contributed by atoms with E-state index in [2.05, 4.69) is 16.8 Å². The maximum absolute atomic E-state index is 13.7. The smallest absolute Gasteiger partial charge is 0.322 e. The summed E-state index contributed by atoms with van der Waals surface area (Å²) in [5, 5.41) is 5.04. The van der Waals surface area contributed by atoms with Crippen molar-refractivity contribution in [2.45, 2.75) is 52.6 Å². The van der Waals surface area contributed by atoms with E-state index in [1.165, 1.54) is 10.4 Å². The summed E-state index contributed by atoms with van der Waals surface area (Å²) >= 11 is 1.73. The zero-order valence-corrected chi connectivity index (χ0v) is 22.3. The minimum absolute atomic E-state index is 0.0210. The van der Waals surface area contributed by atoms with Crippen LogP contribution >= 0.6 is 11.3 Å². The van der Waals surface area contributed by atoms with Gasteiger partial charge in [0.2, 0.25) is 5.91 Å². The molecule has 3 amide bonds. The first-order valence-electron chi connectivity index (χ1n) is 12.5. The molecule has 2 atom stereocenters. The molecule has 1 aliphatic rings. The molecule has 3 aromatic rings. The van der Waals surface area contributed by atoms with Gasteiger partial charge in [0, 0.05) is 23.2 Å². The summed E-state index contributed by atoms with van der Waals surface area (Å²) in [4.78, 5) is 31.7. The number of carbonyl (C=O) groups is 2. The molecule has 1 aliphatic heterocycles. The number of hydrogen-bond acceptors (Lipinski definition) is 4. The quantitative estimate of drug-likeness (QED) is 0.396. The lowest BCUT2D eigenvalue weighted by Gasteiger charge is -2.38. The van der Waals surface area contributed by atoms with Crippen molar-refractivity contribution in [3.63, 3.8) is 0 Å². The van der Waals surface area contributed by atoms with Gasteiger partial charge in [-0.1, -0.05) is 42.3 Å². The van der Waals surface area contributed by atoms with Gasteiger partial charge in [0.05, 0.1) is 6.04 Å². The van der Waals surface area contributed by atoms with Crippen LogP contribution in [0.15, 0.2) is 60.0 Å². The Morgan fingerprint density at radius 3 is 2.42 bits per heavy atom. The number of amides is 3. The van der Waals surface area contributed by atoms with Gasteiger partial charge in [-0.3, -0.25) is 4.79 Å². The van der Waals surface area contributed by atoms with Crippen LogP contribution in [-0.4, -0.2) is 47.5 Å². The normalized spacial score (nSPS) is 15.7. The number of anilines is 1. The Labute approximate surface area is 217 Å². The van der Waals surface area contributed by atoms with E-state index in [9.17, 15) is 9.59 Å². The highest BCUT2D eigenvalue weighted by atomic mass is 32.1. The van der Waals surface area contributed by atoms with E-state index in [1.54, 1.807) is 16.2 Å². The van der Waals surface area contributed by atoms with Gasteiger partial charge in [-0.2, -0.15) is 0 Å². The molecule has 0 saturated heterocycles. The number of fused-ring (bicyclic) bond motifs is 1. The number of benzene rings is 2. The lowest BCUT2D eigenvalue weighted by Crippen LogP contribution is -2.50. The maximum atomic E-state index is 13.7. The lowest BCUT2D eigenvalue weighted by molar-refractivity contribution is -0.135. The third-order valence-electron chi connectivity index (χ3n) is 6.84. The summed E-state index contributed by atoms with van der Waals surface area (Å²) in [5.74, 6) is 0.720. The van der Waals surface area contributed by atoms with Crippen LogP contribution in [-0.2, 0) is 11.2 Å². The molecule has 0 aliphatic carbocycles. The second kappa shape index (κ2) is 11.6. The fraction of sp³-hybridized carbons (Fsp3) is 0.379. The Morgan fingerprint density at radius 2 is 1.75 bits per heavy atom. The molecule has 0 saturated carbocycles.